The fourth-order valence-electron chi connectivity index (χ4n) is 1.90. The van der Waals surface area contributed by atoms with E-state index < -0.39 is 0 Å². The second kappa shape index (κ2) is 6.24. The van der Waals surface area contributed by atoms with Crippen LogP contribution in [0.15, 0.2) is 36.4 Å². The Morgan fingerprint density at radius 3 is 2.43 bits per heavy atom. The SMILES string of the molecule is CN(Cc1ccc(O)cc1)C(=O)c1cc(N)c(Cl)c(Cl)c1. The molecule has 0 saturated heterocycles. The molecule has 2 aromatic carbocycles. The Labute approximate surface area is 132 Å². The lowest BCUT2D eigenvalue weighted by atomic mass is 10.1. The van der Waals surface area contributed by atoms with Crippen LogP contribution in [-0.4, -0.2) is 23.0 Å². The van der Waals surface area contributed by atoms with Gasteiger partial charge in [0.1, 0.15) is 5.75 Å². The van der Waals surface area contributed by atoms with Crippen molar-refractivity contribution in [2.75, 3.05) is 12.8 Å². The van der Waals surface area contributed by atoms with Gasteiger partial charge in [0, 0.05) is 19.2 Å². The lowest BCUT2D eigenvalue weighted by molar-refractivity contribution is 0.0785. The molecule has 0 aliphatic rings. The van der Waals surface area contributed by atoms with Crippen molar-refractivity contribution < 1.29 is 9.90 Å². The molecule has 0 heterocycles. The third kappa shape index (κ3) is 3.60. The van der Waals surface area contributed by atoms with E-state index in [1.807, 2.05) is 0 Å². The average molecular weight is 325 g/mol. The number of hydrogen-bond donors (Lipinski definition) is 2. The average Bonchev–Trinajstić information content (AvgIpc) is 2.45. The van der Waals surface area contributed by atoms with Crippen molar-refractivity contribution in [2.45, 2.75) is 6.54 Å². The molecule has 21 heavy (non-hydrogen) atoms. The van der Waals surface area contributed by atoms with Crippen molar-refractivity contribution in [1.82, 2.24) is 4.90 Å². The highest BCUT2D eigenvalue weighted by molar-refractivity contribution is 6.43. The molecule has 2 rings (SSSR count). The Balaban J connectivity index is 2.17. The molecule has 0 aromatic heterocycles. The molecule has 1 amide bonds. The summed E-state index contributed by atoms with van der Waals surface area (Å²) in [5.41, 5.74) is 7.26. The Kier molecular flexibility index (Phi) is 4.60. The Morgan fingerprint density at radius 2 is 1.86 bits per heavy atom. The smallest absolute Gasteiger partial charge is 0.254 e. The molecule has 0 atom stereocenters. The number of carbonyl (C=O) groups excluding carboxylic acids is 1. The van der Waals surface area contributed by atoms with Crippen LogP contribution in [-0.2, 0) is 6.54 Å². The maximum atomic E-state index is 12.4. The van der Waals surface area contributed by atoms with Crippen molar-refractivity contribution in [3.63, 3.8) is 0 Å². The van der Waals surface area contributed by atoms with Crippen LogP contribution in [0.1, 0.15) is 15.9 Å². The third-order valence-corrected chi connectivity index (χ3v) is 3.82. The highest BCUT2D eigenvalue weighted by Crippen LogP contribution is 2.29. The number of benzene rings is 2. The van der Waals surface area contributed by atoms with Crippen molar-refractivity contribution in [2.24, 2.45) is 0 Å². The summed E-state index contributed by atoms with van der Waals surface area (Å²) in [5.74, 6) is -0.0293. The highest BCUT2D eigenvalue weighted by Gasteiger charge is 2.15. The summed E-state index contributed by atoms with van der Waals surface area (Å²) in [5, 5.41) is 9.74. The van der Waals surface area contributed by atoms with Crippen molar-refractivity contribution in [1.29, 1.82) is 0 Å². The van der Waals surface area contributed by atoms with Gasteiger partial charge in [0.25, 0.3) is 5.91 Å². The molecule has 110 valence electrons. The molecule has 0 radical (unpaired) electrons. The molecule has 2 aromatic rings. The summed E-state index contributed by atoms with van der Waals surface area (Å²) < 4.78 is 0. The van der Waals surface area contributed by atoms with Crippen molar-refractivity contribution in [3.8, 4) is 5.75 Å². The van der Waals surface area contributed by atoms with E-state index in [9.17, 15) is 9.90 Å². The monoisotopic (exact) mass is 324 g/mol. The first kappa shape index (κ1) is 15.5. The second-order valence-corrected chi connectivity index (χ2v) is 5.47. The zero-order valence-electron chi connectivity index (χ0n) is 11.3. The number of aromatic hydroxyl groups is 1. The Bertz CT molecular complexity index is 649. The number of nitrogen functional groups attached to an aromatic ring is 1. The predicted octanol–water partition coefficient (Wildman–Crippen LogP) is 3.55. The molecule has 3 N–H and O–H groups in total. The van der Waals surface area contributed by atoms with Crippen LogP contribution in [0, 0.1) is 0 Å². The first-order chi connectivity index (χ1) is 9.88. The number of hydrogen-bond acceptors (Lipinski definition) is 3. The zero-order chi connectivity index (χ0) is 15.6. The van der Waals surface area contributed by atoms with E-state index in [-0.39, 0.29) is 27.4 Å². The number of nitrogens with two attached hydrogens (primary N) is 1. The van der Waals surface area contributed by atoms with Crippen LogP contribution in [0.3, 0.4) is 0 Å². The van der Waals surface area contributed by atoms with Gasteiger partial charge in [-0.1, -0.05) is 35.3 Å². The molecule has 0 spiro atoms. The predicted molar refractivity (Wildman–Crippen MR) is 84.8 cm³/mol. The summed E-state index contributed by atoms with van der Waals surface area (Å²) in [4.78, 5) is 13.9. The second-order valence-electron chi connectivity index (χ2n) is 4.69. The highest BCUT2D eigenvalue weighted by atomic mass is 35.5. The summed E-state index contributed by atoms with van der Waals surface area (Å²) in [6, 6.07) is 9.65. The minimum Gasteiger partial charge on any atom is -0.508 e. The van der Waals surface area contributed by atoms with Crippen LogP contribution in [0.2, 0.25) is 10.0 Å². The van der Waals surface area contributed by atoms with Gasteiger partial charge in [0.15, 0.2) is 0 Å². The summed E-state index contributed by atoms with van der Waals surface area (Å²) in [6.45, 7) is 0.402. The molecular weight excluding hydrogens is 311 g/mol. The van der Waals surface area contributed by atoms with Crippen molar-refractivity contribution >= 4 is 34.8 Å². The van der Waals surface area contributed by atoms with Gasteiger partial charge >= 0.3 is 0 Å². The van der Waals surface area contributed by atoms with E-state index in [2.05, 4.69) is 0 Å². The van der Waals surface area contributed by atoms with Crippen LogP contribution >= 0.6 is 23.2 Å². The Morgan fingerprint density at radius 1 is 1.24 bits per heavy atom. The number of anilines is 1. The molecular formula is C15H14Cl2N2O2. The molecule has 0 fully saturated rings. The molecule has 0 aliphatic heterocycles. The van der Waals surface area contributed by atoms with E-state index in [0.29, 0.717) is 12.1 Å². The number of phenolic OH excluding ortho intramolecular Hbond substituents is 1. The van der Waals surface area contributed by atoms with Gasteiger partial charge in [-0.15, -0.1) is 0 Å². The summed E-state index contributed by atoms with van der Waals surface area (Å²) in [6.07, 6.45) is 0. The minimum absolute atomic E-state index is 0.185. The summed E-state index contributed by atoms with van der Waals surface area (Å²) >= 11 is 11.8. The number of nitrogens with zero attached hydrogens (tertiary/aromatic N) is 1. The number of halogens is 2. The summed E-state index contributed by atoms with van der Waals surface area (Å²) in [7, 11) is 1.67. The van der Waals surface area contributed by atoms with Gasteiger partial charge in [0.2, 0.25) is 0 Å². The first-order valence-electron chi connectivity index (χ1n) is 6.16. The number of amides is 1. The van der Waals surface area contributed by atoms with Gasteiger partial charge in [-0.2, -0.15) is 0 Å². The molecule has 6 heteroatoms. The largest absolute Gasteiger partial charge is 0.508 e. The van der Waals surface area contributed by atoms with Crippen molar-refractivity contribution in [3.05, 3.63) is 57.6 Å². The standard InChI is InChI=1S/C15H14Cl2N2O2/c1-19(8-9-2-4-11(20)5-3-9)15(21)10-6-12(16)14(17)13(18)7-10/h2-7,20H,8,18H2,1H3. The van der Waals surface area contributed by atoms with E-state index >= 15 is 0 Å². The Hall–Kier alpha value is -1.91. The minimum atomic E-state index is -0.214. The fourth-order valence-corrected chi connectivity index (χ4v) is 2.24. The molecule has 0 bridgehead atoms. The number of rotatable bonds is 3. The molecule has 0 saturated carbocycles. The first-order valence-corrected chi connectivity index (χ1v) is 6.92. The maximum Gasteiger partial charge on any atom is 0.254 e. The van der Waals surface area contributed by atoms with Gasteiger partial charge in [-0.3, -0.25) is 4.79 Å². The van der Waals surface area contributed by atoms with Crippen LogP contribution in [0.25, 0.3) is 0 Å². The quantitative estimate of drug-likeness (QED) is 0.848. The van der Waals surface area contributed by atoms with Crippen LogP contribution in [0.5, 0.6) is 5.75 Å². The third-order valence-electron chi connectivity index (χ3n) is 3.01. The van der Waals surface area contributed by atoms with Gasteiger partial charge in [-0.25, -0.2) is 0 Å². The van der Waals surface area contributed by atoms with E-state index in [0.717, 1.165) is 5.56 Å². The fraction of sp³-hybridized carbons (Fsp3) is 0.133. The normalized spacial score (nSPS) is 10.4. The van der Waals surface area contributed by atoms with E-state index in [1.165, 1.54) is 17.0 Å². The number of phenols is 1. The molecule has 0 aliphatic carbocycles. The maximum absolute atomic E-state index is 12.4. The van der Waals surface area contributed by atoms with E-state index in [4.69, 9.17) is 28.9 Å². The number of carbonyl (C=O) groups is 1. The lowest BCUT2D eigenvalue weighted by Crippen LogP contribution is -2.26. The van der Waals surface area contributed by atoms with Gasteiger partial charge in [-0.05, 0) is 29.8 Å². The van der Waals surface area contributed by atoms with Crippen LogP contribution < -0.4 is 5.73 Å². The van der Waals surface area contributed by atoms with Gasteiger partial charge < -0.3 is 15.7 Å². The molecule has 0 unspecified atom stereocenters. The van der Waals surface area contributed by atoms with Crippen LogP contribution in [0.4, 0.5) is 5.69 Å². The molecule has 4 nitrogen and oxygen atoms in total. The zero-order valence-corrected chi connectivity index (χ0v) is 12.8. The topological polar surface area (TPSA) is 66.6 Å². The lowest BCUT2D eigenvalue weighted by Gasteiger charge is -2.18. The van der Waals surface area contributed by atoms with E-state index in [1.54, 1.807) is 31.3 Å². The van der Waals surface area contributed by atoms with Gasteiger partial charge in [0.05, 0.1) is 15.7 Å².